The van der Waals surface area contributed by atoms with Crippen LogP contribution in [0.1, 0.15) is 23.3 Å². The number of amides is 2. The van der Waals surface area contributed by atoms with Crippen LogP contribution in [0, 0.1) is 0 Å². The van der Waals surface area contributed by atoms with Crippen LogP contribution in [0.4, 0.5) is 0 Å². The van der Waals surface area contributed by atoms with Crippen molar-refractivity contribution in [3.63, 3.8) is 0 Å². The van der Waals surface area contributed by atoms with Crippen molar-refractivity contribution in [2.24, 2.45) is 0 Å². The van der Waals surface area contributed by atoms with Crippen molar-refractivity contribution in [1.29, 1.82) is 0 Å². The molecule has 27 heavy (non-hydrogen) atoms. The van der Waals surface area contributed by atoms with Gasteiger partial charge in [-0.2, -0.15) is 0 Å². The molecule has 3 rings (SSSR count). The highest BCUT2D eigenvalue weighted by atomic mass is 32.2. The van der Waals surface area contributed by atoms with E-state index in [4.69, 9.17) is 0 Å². The van der Waals surface area contributed by atoms with E-state index in [9.17, 15) is 14.4 Å². The van der Waals surface area contributed by atoms with Crippen LogP contribution in [0.15, 0.2) is 22.6 Å². The van der Waals surface area contributed by atoms with E-state index in [-0.39, 0.29) is 29.7 Å². The Morgan fingerprint density at radius 2 is 2.11 bits per heavy atom. The molecule has 1 aliphatic carbocycles. The fourth-order valence-corrected chi connectivity index (χ4v) is 5.21. The second-order valence-corrected chi connectivity index (χ2v) is 8.25. The fraction of sp³-hybridized carbons (Fsp3) is 0.444. The van der Waals surface area contributed by atoms with Crippen molar-refractivity contribution >= 4 is 45.1 Å². The molecule has 2 aromatic rings. The largest absolute Gasteiger partial charge is 0.358 e. The zero-order chi connectivity index (χ0) is 19.4. The highest BCUT2D eigenvalue weighted by Gasteiger charge is 2.22. The van der Waals surface area contributed by atoms with E-state index in [0.29, 0.717) is 11.7 Å². The molecule has 2 N–H and O–H groups in total. The summed E-state index contributed by atoms with van der Waals surface area (Å²) in [6.07, 6.45) is 5.83. The maximum atomic E-state index is 13.1. The Balaban J connectivity index is 1.87. The first-order valence-electron chi connectivity index (χ1n) is 8.81. The third-order valence-electron chi connectivity index (χ3n) is 4.41. The van der Waals surface area contributed by atoms with Crippen molar-refractivity contribution in [2.75, 3.05) is 19.3 Å². The number of nitrogens with zero attached hydrogens (tertiary/aromatic N) is 2. The molecule has 0 spiro atoms. The van der Waals surface area contributed by atoms with Gasteiger partial charge in [0.15, 0.2) is 5.16 Å². The lowest BCUT2D eigenvalue weighted by atomic mass is 9.97. The molecule has 9 heteroatoms. The molecule has 0 saturated carbocycles. The highest BCUT2D eigenvalue weighted by Crippen LogP contribution is 2.34. The molecule has 2 aromatic heterocycles. The van der Waals surface area contributed by atoms with E-state index in [2.05, 4.69) is 22.2 Å². The Kier molecular flexibility index (Phi) is 6.33. The van der Waals surface area contributed by atoms with E-state index >= 15 is 0 Å². The summed E-state index contributed by atoms with van der Waals surface area (Å²) in [5.41, 5.74) is 1.09. The Morgan fingerprint density at radius 1 is 1.33 bits per heavy atom. The summed E-state index contributed by atoms with van der Waals surface area (Å²) in [6, 6.07) is 0. The van der Waals surface area contributed by atoms with Crippen LogP contribution in [-0.4, -0.2) is 40.7 Å². The first-order chi connectivity index (χ1) is 13.0. The van der Waals surface area contributed by atoms with Gasteiger partial charge in [-0.15, -0.1) is 17.9 Å². The monoisotopic (exact) mass is 406 g/mol. The van der Waals surface area contributed by atoms with Crippen LogP contribution in [-0.2, 0) is 29.0 Å². The maximum absolute atomic E-state index is 13.1. The molecule has 1 aliphatic rings. The van der Waals surface area contributed by atoms with Gasteiger partial charge in [0, 0.05) is 18.5 Å². The van der Waals surface area contributed by atoms with Crippen molar-refractivity contribution in [2.45, 2.75) is 37.4 Å². The lowest BCUT2D eigenvalue weighted by molar-refractivity contribution is -0.124. The van der Waals surface area contributed by atoms with Gasteiger partial charge in [0.25, 0.3) is 5.56 Å². The smallest absolute Gasteiger partial charge is 0.263 e. The van der Waals surface area contributed by atoms with Crippen molar-refractivity contribution in [1.82, 2.24) is 20.2 Å². The summed E-state index contributed by atoms with van der Waals surface area (Å²) in [5.74, 6) is -0.467. The van der Waals surface area contributed by atoms with Crippen LogP contribution in [0.25, 0.3) is 10.2 Å². The van der Waals surface area contributed by atoms with Crippen LogP contribution < -0.4 is 16.2 Å². The second kappa shape index (κ2) is 8.71. The average molecular weight is 407 g/mol. The van der Waals surface area contributed by atoms with Crippen LogP contribution in [0.3, 0.4) is 0 Å². The molecule has 0 saturated heterocycles. The Morgan fingerprint density at radius 3 is 2.85 bits per heavy atom. The van der Waals surface area contributed by atoms with Gasteiger partial charge in [-0.1, -0.05) is 17.8 Å². The SMILES string of the molecule is C=CCn1c(SCC(=O)NCC(=O)NC)nc2sc3c(c2c1=O)CCCC3. The summed E-state index contributed by atoms with van der Waals surface area (Å²) in [4.78, 5) is 43.0. The normalized spacial score (nSPS) is 13.2. The number of likely N-dealkylation sites (N-methyl/N-ethyl adjacent to an activating group) is 1. The van der Waals surface area contributed by atoms with Crippen LogP contribution in [0.5, 0.6) is 0 Å². The van der Waals surface area contributed by atoms with Crippen molar-refractivity contribution in [3.8, 4) is 0 Å². The maximum Gasteiger partial charge on any atom is 0.263 e. The molecular weight excluding hydrogens is 384 g/mol. The summed E-state index contributed by atoms with van der Waals surface area (Å²) >= 11 is 2.79. The van der Waals surface area contributed by atoms with Crippen molar-refractivity contribution in [3.05, 3.63) is 33.4 Å². The average Bonchev–Trinajstić information content (AvgIpc) is 3.05. The Bertz CT molecular complexity index is 948. The van der Waals surface area contributed by atoms with Gasteiger partial charge in [0.05, 0.1) is 17.7 Å². The van der Waals surface area contributed by atoms with Gasteiger partial charge in [0.1, 0.15) is 4.83 Å². The first-order valence-corrected chi connectivity index (χ1v) is 10.6. The number of allylic oxidation sites excluding steroid dienone is 1. The molecule has 0 fully saturated rings. The first kappa shape index (κ1) is 19.6. The summed E-state index contributed by atoms with van der Waals surface area (Å²) < 4.78 is 1.58. The Labute approximate surface area is 165 Å². The van der Waals surface area contributed by atoms with Gasteiger partial charge < -0.3 is 10.6 Å². The number of thioether (sulfide) groups is 1. The van der Waals surface area contributed by atoms with Crippen molar-refractivity contribution < 1.29 is 9.59 Å². The zero-order valence-electron chi connectivity index (χ0n) is 15.2. The number of hydrogen-bond donors (Lipinski definition) is 2. The number of rotatable bonds is 7. The molecule has 144 valence electrons. The van der Waals surface area contributed by atoms with Crippen LogP contribution in [0.2, 0.25) is 0 Å². The number of aryl methyl sites for hydroxylation is 2. The van der Waals surface area contributed by atoms with Gasteiger partial charge in [-0.3, -0.25) is 19.0 Å². The number of carbonyl (C=O) groups excluding carboxylic acids is 2. The van der Waals surface area contributed by atoms with Gasteiger partial charge >= 0.3 is 0 Å². The summed E-state index contributed by atoms with van der Waals surface area (Å²) in [5, 5.41) is 6.21. The number of nitrogens with one attached hydrogen (secondary N) is 2. The minimum Gasteiger partial charge on any atom is -0.358 e. The third-order valence-corrected chi connectivity index (χ3v) is 6.57. The summed E-state index contributed by atoms with van der Waals surface area (Å²) in [7, 11) is 1.51. The lowest BCUT2D eigenvalue weighted by Crippen LogP contribution is -2.36. The standard InChI is InChI=1S/C18H22N4O3S2/c1-3-8-22-17(25)15-11-6-4-5-7-12(11)27-16(15)21-18(22)26-10-14(24)20-9-13(23)19-2/h3H,1,4-10H2,2H3,(H,19,23)(H,20,24). The van der Waals surface area contributed by atoms with E-state index < -0.39 is 0 Å². The second-order valence-electron chi connectivity index (χ2n) is 6.23. The molecule has 7 nitrogen and oxygen atoms in total. The molecule has 2 amide bonds. The number of thiophene rings is 1. The molecule has 0 aromatic carbocycles. The molecule has 2 heterocycles. The van der Waals surface area contributed by atoms with Gasteiger partial charge in [-0.05, 0) is 31.2 Å². The molecule has 0 bridgehead atoms. The van der Waals surface area contributed by atoms with Gasteiger partial charge in [0.2, 0.25) is 11.8 Å². The quantitative estimate of drug-likeness (QED) is 0.413. The van der Waals surface area contributed by atoms with E-state index in [1.54, 1.807) is 22.0 Å². The summed E-state index contributed by atoms with van der Waals surface area (Å²) in [6.45, 7) is 4.00. The molecule has 0 radical (unpaired) electrons. The van der Waals surface area contributed by atoms with E-state index in [0.717, 1.165) is 41.5 Å². The lowest BCUT2D eigenvalue weighted by Gasteiger charge is -2.12. The predicted molar refractivity (Wildman–Crippen MR) is 109 cm³/mol. The molecule has 0 unspecified atom stereocenters. The number of hydrogen-bond acceptors (Lipinski definition) is 6. The molecular formula is C18H22N4O3S2. The predicted octanol–water partition coefficient (Wildman–Crippen LogP) is 1.48. The number of aromatic nitrogens is 2. The molecule has 0 atom stereocenters. The van der Waals surface area contributed by atoms with E-state index in [1.165, 1.54) is 23.7 Å². The van der Waals surface area contributed by atoms with Crippen LogP contribution >= 0.6 is 23.1 Å². The minimum absolute atomic E-state index is 0.0624. The fourth-order valence-electron chi connectivity index (χ4n) is 3.07. The highest BCUT2D eigenvalue weighted by molar-refractivity contribution is 7.99. The number of carbonyl (C=O) groups is 2. The zero-order valence-corrected chi connectivity index (χ0v) is 16.8. The molecule has 0 aliphatic heterocycles. The third kappa shape index (κ3) is 4.24. The minimum atomic E-state index is -0.284. The van der Waals surface area contributed by atoms with E-state index in [1.807, 2.05) is 0 Å². The van der Waals surface area contributed by atoms with Gasteiger partial charge in [-0.25, -0.2) is 4.98 Å². The number of fused-ring (bicyclic) bond motifs is 3. The topological polar surface area (TPSA) is 93.1 Å². The Hall–Kier alpha value is -2.13.